The van der Waals surface area contributed by atoms with Crippen molar-refractivity contribution in [3.63, 3.8) is 0 Å². The van der Waals surface area contributed by atoms with Gasteiger partial charge in [-0.2, -0.15) is 0 Å². The van der Waals surface area contributed by atoms with Crippen LogP contribution in [0.3, 0.4) is 0 Å². The lowest BCUT2D eigenvalue weighted by atomic mass is 10.2. The standard InChI is InChI=1S/C8H5ClO4S2/c9-15(10,11)7-3-1-2-6-5(7)4-12-8(14)13-6/h1-3H,4H2. The van der Waals surface area contributed by atoms with Crippen LogP contribution in [-0.4, -0.2) is 13.7 Å². The maximum absolute atomic E-state index is 11.2. The molecule has 0 fully saturated rings. The van der Waals surface area contributed by atoms with Crippen LogP contribution < -0.4 is 4.74 Å². The van der Waals surface area contributed by atoms with E-state index in [0.29, 0.717) is 11.3 Å². The van der Waals surface area contributed by atoms with Gasteiger partial charge in [-0.25, -0.2) is 8.42 Å². The van der Waals surface area contributed by atoms with Gasteiger partial charge in [0.1, 0.15) is 12.4 Å². The van der Waals surface area contributed by atoms with Gasteiger partial charge in [0.05, 0.1) is 10.5 Å². The molecule has 0 amide bonds. The molecule has 0 bridgehead atoms. The lowest BCUT2D eigenvalue weighted by molar-refractivity contribution is 0.207. The highest BCUT2D eigenvalue weighted by Gasteiger charge is 2.24. The van der Waals surface area contributed by atoms with Gasteiger partial charge >= 0.3 is 5.24 Å². The van der Waals surface area contributed by atoms with Gasteiger partial charge in [-0.05, 0) is 12.1 Å². The van der Waals surface area contributed by atoms with Gasteiger partial charge in [-0.1, -0.05) is 6.07 Å². The molecule has 1 aliphatic rings. The van der Waals surface area contributed by atoms with E-state index >= 15 is 0 Å². The lowest BCUT2D eigenvalue weighted by Gasteiger charge is -2.19. The van der Waals surface area contributed by atoms with Gasteiger partial charge in [-0.3, -0.25) is 0 Å². The summed E-state index contributed by atoms with van der Waals surface area (Å²) in [6.07, 6.45) is 0. The highest BCUT2D eigenvalue weighted by atomic mass is 35.7. The van der Waals surface area contributed by atoms with Crippen molar-refractivity contribution < 1.29 is 17.9 Å². The minimum atomic E-state index is -3.79. The maximum atomic E-state index is 11.2. The van der Waals surface area contributed by atoms with Gasteiger partial charge in [0.25, 0.3) is 9.05 Å². The molecule has 1 aromatic rings. The average molecular weight is 265 g/mol. The fraction of sp³-hybridized carbons (Fsp3) is 0.125. The highest BCUT2D eigenvalue weighted by Crippen LogP contribution is 2.31. The number of benzene rings is 1. The van der Waals surface area contributed by atoms with Crippen molar-refractivity contribution in [2.45, 2.75) is 11.5 Å². The summed E-state index contributed by atoms with van der Waals surface area (Å²) in [5.41, 5.74) is 0.390. The summed E-state index contributed by atoms with van der Waals surface area (Å²) >= 11 is 4.69. The molecule has 1 aliphatic heterocycles. The summed E-state index contributed by atoms with van der Waals surface area (Å²) in [4.78, 5) is -0.0100. The van der Waals surface area contributed by atoms with Crippen LogP contribution in [0.5, 0.6) is 5.75 Å². The van der Waals surface area contributed by atoms with Crippen LogP contribution in [0.4, 0.5) is 0 Å². The average Bonchev–Trinajstić information content (AvgIpc) is 2.15. The molecule has 0 aliphatic carbocycles. The second-order valence-corrected chi connectivity index (χ2v) is 5.68. The first kappa shape index (κ1) is 10.7. The zero-order chi connectivity index (χ0) is 11.1. The minimum absolute atomic E-state index is 0.0100. The number of thiocarbonyl (C=S) groups is 1. The number of halogens is 1. The molecule has 0 saturated heterocycles. The third kappa shape index (κ3) is 2.06. The molecule has 0 aromatic heterocycles. The smallest absolute Gasteiger partial charge is 0.358 e. The SMILES string of the molecule is O=S(=O)(Cl)c1cccc2c1COC(=S)O2. The molecule has 2 rings (SSSR count). The van der Waals surface area contributed by atoms with E-state index < -0.39 is 9.05 Å². The normalized spacial score (nSPS) is 15.1. The van der Waals surface area contributed by atoms with Crippen LogP contribution in [0, 0.1) is 0 Å². The molecule has 0 N–H and O–H groups in total. The summed E-state index contributed by atoms with van der Waals surface area (Å²) in [6, 6.07) is 4.53. The quantitative estimate of drug-likeness (QED) is 0.572. The number of ether oxygens (including phenoxy) is 2. The van der Waals surface area contributed by atoms with Crippen molar-refractivity contribution in [1.82, 2.24) is 0 Å². The Morgan fingerprint density at radius 2 is 2.13 bits per heavy atom. The molecule has 15 heavy (non-hydrogen) atoms. The van der Waals surface area contributed by atoms with E-state index in [4.69, 9.17) is 32.4 Å². The fourth-order valence-electron chi connectivity index (χ4n) is 1.26. The van der Waals surface area contributed by atoms with Gasteiger partial charge in [0, 0.05) is 22.9 Å². The minimum Gasteiger partial charge on any atom is -0.452 e. The van der Waals surface area contributed by atoms with Crippen LogP contribution in [0.25, 0.3) is 0 Å². The largest absolute Gasteiger partial charge is 0.452 e. The van der Waals surface area contributed by atoms with Crippen LogP contribution >= 0.6 is 22.9 Å². The first-order chi connectivity index (χ1) is 6.98. The van der Waals surface area contributed by atoms with Gasteiger partial charge in [-0.15, -0.1) is 0 Å². The third-order valence-electron chi connectivity index (χ3n) is 1.88. The zero-order valence-electron chi connectivity index (χ0n) is 7.27. The Hall–Kier alpha value is -0.850. The summed E-state index contributed by atoms with van der Waals surface area (Å²) in [5.74, 6) is 0.368. The first-order valence-electron chi connectivity index (χ1n) is 3.89. The Kier molecular flexibility index (Phi) is 2.57. The van der Waals surface area contributed by atoms with E-state index in [0.717, 1.165) is 0 Å². The van der Waals surface area contributed by atoms with Crippen molar-refractivity contribution in [1.29, 1.82) is 0 Å². The fourth-order valence-corrected chi connectivity index (χ4v) is 2.54. The van der Waals surface area contributed by atoms with E-state index in [1.165, 1.54) is 12.1 Å². The summed E-state index contributed by atoms with van der Waals surface area (Å²) in [5, 5.41) is -0.0216. The molecule has 0 unspecified atom stereocenters. The molecule has 1 heterocycles. The van der Waals surface area contributed by atoms with E-state index in [1.54, 1.807) is 6.07 Å². The second-order valence-electron chi connectivity index (χ2n) is 2.81. The molecule has 0 radical (unpaired) electrons. The van der Waals surface area contributed by atoms with E-state index in [1.807, 2.05) is 0 Å². The van der Waals surface area contributed by atoms with Crippen LogP contribution in [0.15, 0.2) is 23.1 Å². The van der Waals surface area contributed by atoms with Crippen molar-refractivity contribution in [2.24, 2.45) is 0 Å². The van der Waals surface area contributed by atoms with E-state index in [9.17, 15) is 8.42 Å². The Bertz CT molecular complexity index is 523. The zero-order valence-corrected chi connectivity index (χ0v) is 9.66. The molecular weight excluding hydrogens is 260 g/mol. The third-order valence-corrected chi connectivity index (χ3v) is 3.49. The van der Waals surface area contributed by atoms with E-state index in [2.05, 4.69) is 0 Å². The predicted molar refractivity (Wildman–Crippen MR) is 57.5 cm³/mol. The topological polar surface area (TPSA) is 52.6 Å². The summed E-state index contributed by atoms with van der Waals surface area (Å²) in [6.45, 7) is 0.0519. The Morgan fingerprint density at radius 1 is 1.40 bits per heavy atom. The molecule has 0 spiro atoms. The number of fused-ring (bicyclic) bond motifs is 1. The molecule has 1 aromatic carbocycles. The molecule has 0 saturated carbocycles. The van der Waals surface area contributed by atoms with Gasteiger partial charge in [0.2, 0.25) is 0 Å². The maximum Gasteiger partial charge on any atom is 0.358 e. The van der Waals surface area contributed by atoms with Crippen molar-refractivity contribution in [3.05, 3.63) is 23.8 Å². The van der Waals surface area contributed by atoms with Crippen LogP contribution in [-0.2, 0) is 20.4 Å². The first-order valence-corrected chi connectivity index (χ1v) is 6.61. The molecular formula is C8H5ClO4S2. The van der Waals surface area contributed by atoms with Gasteiger partial charge < -0.3 is 9.47 Å². The van der Waals surface area contributed by atoms with E-state index in [-0.39, 0.29) is 16.7 Å². The summed E-state index contributed by atoms with van der Waals surface area (Å²) < 4.78 is 32.4. The van der Waals surface area contributed by atoms with Crippen LogP contribution in [0.2, 0.25) is 0 Å². The lowest BCUT2D eigenvalue weighted by Crippen LogP contribution is -2.18. The van der Waals surface area contributed by atoms with Crippen LogP contribution in [0.1, 0.15) is 5.56 Å². The van der Waals surface area contributed by atoms with Crippen molar-refractivity contribution in [2.75, 3.05) is 0 Å². The Labute approximate surface area is 96.2 Å². The monoisotopic (exact) mass is 264 g/mol. The molecule has 80 valence electrons. The predicted octanol–water partition coefficient (Wildman–Crippen LogP) is 1.81. The molecule has 4 nitrogen and oxygen atoms in total. The Morgan fingerprint density at radius 3 is 2.80 bits per heavy atom. The van der Waals surface area contributed by atoms with Crippen molar-refractivity contribution >= 4 is 37.2 Å². The molecule has 7 heteroatoms. The molecule has 0 atom stereocenters. The number of hydrogen-bond donors (Lipinski definition) is 0. The number of rotatable bonds is 1. The highest BCUT2D eigenvalue weighted by molar-refractivity contribution is 8.13. The summed E-state index contributed by atoms with van der Waals surface area (Å²) in [7, 11) is 1.47. The Balaban J connectivity index is 2.61. The van der Waals surface area contributed by atoms with Gasteiger partial charge in [0.15, 0.2) is 0 Å². The second kappa shape index (κ2) is 3.62. The number of hydrogen-bond acceptors (Lipinski definition) is 5. The van der Waals surface area contributed by atoms with Crippen molar-refractivity contribution in [3.8, 4) is 5.75 Å².